The number of aldehydes is 1. The molecule has 1 saturated heterocycles. The fraction of sp³-hybridized carbons (Fsp3) is 0.750. The highest BCUT2D eigenvalue weighted by Gasteiger charge is 2.31. The smallest absolute Gasteiger partial charge is 0.127 e. The van der Waals surface area contributed by atoms with Crippen LogP contribution in [-0.2, 0) is 4.79 Å². The Hall–Kier alpha value is -0.880. The van der Waals surface area contributed by atoms with Gasteiger partial charge in [-0.25, -0.2) is 0 Å². The summed E-state index contributed by atoms with van der Waals surface area (Å²) in [5.41, 5.74) is -0.333. The largest absolute Gasteiger partial charge is 0.317 e. The van der Waals surface area contributed by atoms with Gasteiger partial charge in [0, 0.05) is 11.8 Å². The lowest BCUT2D eigenvalue weighted by Crippen LogP contribution is -2.37. The topological polar surface area (TPSA) is 52.9 Å². The first kappa shape index (κ1) is 8.22. The van der Waals surface area contributed by atoms with Crippen LogP contribution in [0.25, 0.3) is 0 Å². The van der Waals surface area contributed by atoms with Gasteiger partial charge < -0.3 is 10.1 Å². The van der Waals surface area contributed by atoms with E-state index >= 15 is 0 Å². The monoisotopic (exact) mass is 152 g/mol. The maximum Gasteiger partial charge on any atom is 0.127 e. The molecule has 0 bridgehead atoms. The highest BCUT2D eigenvalue weighted by atomic mass is 16.1. The van der Waals surface area contributed by atoms with Gasteiger partial charge in [-0.1, -0.05) is 0 Å². The minimum atomic E-state index is -0.333. The maximum atomic E-state index is 10.7. The summed E-state index contributed by atoms with van der Waals surface area (Å²) in [7, 11) is 0. The first-order chi connectivity index (χ1) is 5.33. The highest BCUT2D eigenvalue weighted by Crippen LogP contribution is 2.29. The van der Waals surface area contributed by atoms with Crippen LogP contribution in [0.4, 0.5) is 0 Å². The van der Waals surface area contributed by atoms with Crippen molar-refractivity contribution in [3.63, 3.8) is 0 Å². The molecule has 60 valence electrons. The molecule has 1 heterocycles. The van der Waals surface area contributed by atoms with Gasteiger partial charge in [-0.05, 0) is 25.9 Å². The second-order valence-electron chi connectivity index (χ2n) is 3.07. The van der Waals surface area contributed by atoms with Crippen LogP contribution >= 0.6 is 0 Å². The number of hydrogen-bond acceptors (Lipinski definition) is 3. The Labute approximate surface area is 66.4 Å². The summed E-state index contributed by atoms with van der Waals surface area (Å²) in [5.74, 6) is 0. The van der Waals surface area contributed by atoms with Gasteiger partial charge in [-0.15, -0.1) is 0 Å². The van der Waals surface area contributed by atoms with E-state index in [1.807, 2.05) is 0 Å². The Kier molecular flexibility index (Phi) is 2.61. The van der Waals surface area contributed by atoms with Crippen LogP contribution in [-0.4, -0.2) is 19.4 Å². The number of carbonyl (C=O) groups is 1. The van der Waals surface area contributed by atoms with Crippen molar-refractivity contribution in [3.05, 3.63) is 0 Å². The fourth-order valence-corrected chi connectivity index (χ4v) is 1.42. The Morgan fingerprint density at radius 3 is 2.64 bits per heavy atom. The van der Waals surface area contributed by atoms with Crippen molar-refractivity contribution in [2.75, 3.05) is 13.1 Å². The van der Waals surface area contributed by atoms with Crippen LogP contribution in [0.2, 0.25) is 0 Å². The van der Waals surface area contributed by atoms with Crippen LogP contribution in [0.3, 0.4) is 0 Å². The molecule has 1 rings (SSSR count). The van der Waals surface area contributed by atoms with Crippen molar-refractivity contribution >= 4 is 6.29 Å². The second kappa shape index (κ2) is 3.49. The molecule has 3 nitrogen and oxygen atoms in total. The number of carbonyl (C=O) groups excluding carboxylic acids is 1. The van der Waals surface area contributed by atoms with E-state index in [4.69, 9.17) is 5.26 Å². The molecule has 3 heteroatoms. The van der Waals surface area contributed by atoms with E-state index in [9.17, 15) is 4.79 Å². The third-order valence-corrected chi connectivity index (χ3v) is 2.28. The number of piperidine rings is 1. The molecule has 0 saturated carbocycles. The van der Waals surface area contributed by atoms with Crippen molar-refractivity contribution in [2.24, 2.45) is 5.41 Å². The standard InChI is InChI=1S/C8H12N2O/c9-4-1-8(7-11)2-5-10-6-3-8/h7,10H,1-3,5-6H2. The Balaban J connectivity index is 2.58. The SMILES string of the molecule is N#CCC1(C=O)CCNCC1. The summed E-state index contributed by atoms with van der Waals surface area (Å²) >= 11 is 0. The van der Waals surface area contributed by atoms with Gasteiger partial charge in [0.25, 0.3) is 0 Å². The number of nitrogens with one attached hydrogen (secondary N) is 1. The van der Waals surface area contributed by atoms with Gasteiger partial charge in [0.1, 0.15) is 6.29 Å². The maximum absolute atomic E-state index is 10.7. The zero-order valence-corrected chi connectivity index (χ0v) is 6.47. The molecule has 0 atom stereocenters. The molecule has 1 aliphatic rings. The zero-order chi connectivity index (χ0) is 8.16. The van der Waals surface area contributed by atoms with Crippen molar-refractivity contribution in [1.29, 1.82) is 5.26 Å². The molecule has 0 unspecified atom stereocenters. The lowest BCUT2D eigenvalue weighted by atomic mass is 9.78. The summed E-state index contributed by atoms with van der Waals surface area (Å²) in [4.78, 5) is 10.7. The first-order valence-corrected chi connectivity index (χ1v) is 3.87. The molecule has 1 aliphatic heterocycles. The minimum absolute atomic E-state index is 0.333. The third kappa shape index (κ3) is 1.78. The fourth-order valence-electron chi connectivity index (χ4n) is 1.42. The number of hydrogen-bond donors (Lipinski definition) is 1. The van der Waals surface area contributed by atoms with Crippen LogP contribution in [0.5, 0.6) is 0 Å². The highest BCUT2D eigenvalue weighted by molar-refractivity contribution is 5.60. The normalized spacial score (nSPS) is 22.1. The quantitative estimate of drug-likeness (QED) is 0.585. The van der Waals surface area contributed by atoms with Crippen LogP contribution in [0.15, 0.2) is 0 Å². The van der Waals surface area contributed by atoms with Gasteiger partial charge in [0.15, 0.2) is 0 Å². The van der Waals surface area contributed by atoms with Crippen molar-refractivity contribution in [1.82, 2.24) is 5.32 Å². The van der Waals surface area contributed by atoms with Gasteiger partial charge in [-0.3, -0.25) is 0 Å². The van der Waals surface area contributed by atoms with Crippen molar-refractivity contribution < 1.29 is 4.79 Å². The van der Waals surface area contributed by atoms with E-state index in [1.54, 1.807) is 0 Å². The number of nitriles is 1. The molecule has 0 radical (unpaired) electrons. The first-order valence-electron chi connectivity index (χ1n) is 3.87. The Bertz CT molecular complexity index is 177. The predicted octanol–water partition coefficient (Wildman–Crippen LogP) is 0.469. The van der Waals surface area contributed by atoms with Gasteiger partial charge in [-0.2, -0.15) is 5.26 Å². The molecule has 0 aliphatic carbocycles. The molecule has 0 aromatic heterocycles. The molecular formula is C8H12N2O. The molecule has 11 heavy (non-hydrogen) atoms. The van der Waals surface area contributed by atoms with Crippen LogP contribution < -0.4 is 5.32 Å². The third-order valence-electron chi connectivity index (χ3n) is 2.28. The minimum Gasteiger partial charge on any atom is -0.317 e. The summed E-state index contributed by atoms with van der Waals surface area (Å²) in [6.07, 6.45) is 2.95. The summed E-state index contributed by atoms with van der Waals surface area (Å²) in [5, 5.41) is 11.6. The Morgan fingerprint density at radius 2 is 2.18 bits per heavy atom. The Morgan fingerprint density at radius 1 is 1.55 bits per heavy atom. The van der Waals surface area contributed by atoms with Crippen LogP contribution in [0, 0.1) is 16.7 Å². The van der Waals surface area contributed by atoms with Gasteiger partial charge >= 0.3 is 0 Å². The van der Waals surface area contributed by atoms with Crippen LogP contribution in [0.1, 0.15) is 19.3 Å². The molecular weight excluding hydrogens is 140 g/mol. The summed E-state index contributed by atoms with van der Waals surface area (Å²) in [6.45, 7) is 1.72. The predicted molar refractivity (Wildman–Crippen MR) is 40.8 cm³/mol. The summed E-state index contributed by atoms with van der Waals surface area (Å²) < 4.78 is 0. The number of rotatable bonds is 2. The molecule has 1 N–H and O–H groups in total. The lowest BCUT2D eigenvalue weighted by molar-refractivity contribution is -0.117. The zero-order valence-electron chi connectivity index (χ0n) is 6.47. The summed E-state index contributed by atoms with van der Waals surface area (Å²) in [6, 6.07) is 2.07. The second-order valence-corrected chi connectivity index (χ2v) is 3.07. The van der Waals surface area contributed by atoms with E-state index in [-0.39, 0.29) is 5.41 Å². The average molecular weight is 152 g/mol. The molecule has 0 aromatic rings. The van der Waals surface area contributed by atoms with E-state index in [2.05, 4.69) is 11.4 Å². The van der Waals surface area contributed by atoms with E-state index in [1.165, 1.54) is 0 Å². The van der Waals surface area contributed by atoms with Gasteiger partial charge in [0.2, 0.25) is 0 Å². The average Bonchev–Trinajstić information content (AvgIpc) is 2.07. The van der Waals surface area contributed by atoms with E-state index in [0.29, 0.717) is 6.42 Å². The van der Waals surface area contributed by atoms with Gasteiger partial charge in [0.05, 0.1) is 6.07 Å². The van der Waals surface area contributed by atoms with Crippen molar-refractivity contribution in [2.45, 2.75) is 19.3 Å². The molecule has 0 spiro atoms. The lowest BCUT2D eigenvalue weighted by Gasteiger charge is -2.29. The van der Waals surface area contributed by atoms with E-state index in [0.717, 1.165) is 32.2 Å². The molecule has 0 amide bonds. The molecule has 1 fully saturated rings. The van der Waals surface area contributed by atoms with E-state index < -0.39 is 0 Å². The van der Waals surface area contributed by atoms with Crippen molar-refractivity contribution in [3.8, 4) is 6.07 Å². The number of nitrogens with zero attached hydrogens (tertiary/aromatic N) is 1. The molecule has 0 aromatic carbocycles.